The normalized spacial score (nSPS) is 9.90. The van der Waals surface area contributed by atoms with Crippen LogP contribution in [0.3, 0.4) is 0 Å². The molecule has 1 rings (SSSR count). The molecule has 0 aliphatic heterocycles. The number of hydrogen-bond acceptors (Lipinski definition) is 1. The molecule has 2 heteroatoms. The number of hydrogen-bond donors (Lipinski definition) is 2. The van der Waals surface area contributed by atoms with E-state index in [1.54, 1.807) is 0 Å². The number of quaternary nitrogens is 1. The lowest BCUT2D eigenvalue weighted by atomic mass is 10.1. The molecule has 1 aromatic rings. The van der Waals surface area contributed by atoms with E-state index in [-0.39, 0.29) is 0 Å². The van der Waals surface area contributed by atoms with E-state index < -0.39 is 0 Å². The van der Waals surface area contributed by atoms with Gasteiger partial charge in [0.2, 0.25) is 0 Å². The maximum Gasteiger partial charge on any atom is 0.154 e. The topological polar surface area (TPSA) is 53.7 Å². The van der Waals surface area contributed by atoms with E-state index in [2.05, 4.69) is 11.8 Å². The van der Waals surface area contributed by atoms with Crippen molar-refractivity contribution in [3.63, 3.8) is 0 Å². The molecule has 0 atom stereocenters. The van der Waals surface area contributed by atoms with Crippen molar-refractivity contribution in [2.75, 3.05) is 5.73 Å². The first-order chi connectivity index (χ1) is 4.61. The predicted molar refractivity (Wildman–Crippen MR) is 42.9 cm³/mol. The molecule has 0 fully saturated rings. The van der Waals surface area contributed by atoms with E-state index in [1.807, 2.05) is 19.9 Å². The van der Waals surface area contributed by atoms with Crippen molar-refractivity contribution in [3.8, 4) is 0 Å². The summed E-state index contributed by atoms with van der Waals surface area (Å²) in [4.78, 5) is 0. The average molecular weight is 137 g/mol. The average Bonchev–Trinajstić information content (AvgIpc) is 1.82. The van der Waals surface area contributed by atoms with Crippen LogP contribution in [0.5, 0.6) is 0 Å². The Morgan fingerprint density at radius 3 is 2.40 bits per heavy atom. The van der Waals surface area contributed by atoms with Crippen LogP contribution in [0, 0.1) is 13.8 Å². The molecule has 0 amide bonds. The lowest BCUT2D eigenvalue weighted by molar-refractivity contribution is -0.254. The largest absolute Gasteiger partial charge is 0.394 e. The molecule has 2 nitrogen and oxygen atoms in total. The Balaban J connectivity index is 3.31. The number of benzene rings is 1. The van der Waals surface area contributed by atoms with E-state index in [0.29, 0.717) is 0 Å². The van der Waals surface area contributed by atoms with Gasteiger partial charge in [0, 0.05) is 5.56 Å². The van der Waals surface area contributed by atoms with Crippen LogP contribution in [0.1, 0.15) is 11.1 Å². The number of anilines is 1. The minimum Gasteiger partial charge on any atom is -0.394 e. The van der Waals surface area contributed by atoms with Crippen LogP contribution < -0.4 is 11.5 Å². The molecule has 0 saturated heterocycles. The second-order valence-electron chi connectivity index (χ2n) is 2.65. The van der Waals surface area contributed by atoms with Crippen LogP contribution in [0.2, 0.25) is 0 Å². The zero-order valence-electron chi connectivity index (χ0n) is 6.44. The third kappa shape index (κ3) is 1.11. The summed E-state index contributed by atoms with van der Waals surface area (Å²) >= 11 is 0. The van der Waals surface area contributed by atoms with Crippen LogP contribution in [0.15, 0.2) is 12.1 Å². The van der Waals surface area contributed by atoms with Crippen molar-refractivity contribution in [1.29, 1.82) is 0 Å². The molecule has 0 aromatic heterocycles. The van der Waals surface area contributed by atoms with Crippen molar-refractivity contribution < 1.29 is 5.73 Å². The Morgan fingerprint density at radius 1 is 1.30 bits per heavy atom. The van der Waals surface area contributed by atoms with Gasteiger partial charge in [0.05, 0.1) is 5.69 Å². The maximum atomic E-state index is 5.66. The Hall–Kier alpha value is -1.02. The second-order valence-corrected chi connectivity index (χ2v) is 2.65. The van der Waals surface area contributed by atoms with Gasteiger partial charge in [-0.3, -0.25) is 0 Å². The van der Waals surface area contributed by atoms with E-state index in [4.69, 9.17) is 5.73 Å². The minimum absolute atomic E-state index is 0.789. The van der Waals surface area contributed by atoms with Crippen molar-refractivity contribution >= 4 is 11.4 Å². The van der Waals surface area contributed by atoms with Gasteiger partial charge < -0.3 is 11.5 Å². The molecule has 0 heterocycles. The van der Waals surface area contributed by atoms with Gasteiger partial charge >= 0.3 is 0 Å². The number of nitrogen functional groups attached to an aromatic ring is 1. The summed E-state index contributed by atoms with van der Waals surface area (Å²) in [6.45, 7) is 4.05. The summed E-state index contributed by atoms with van der Waals surface area (Å²) in [5, 5.41) is 0. The van der Waals surface area contributed by atoms with E-state index in [1.165, 1.54) is 5.56 Å². The summed E-state index contributed by atoms with van der Waals surface area (Å²) < 4.78 is 0. The smallest absolute Gasteiger partial charge is 0.154 e. The molecule has 0 saturated carbocycles. The third-order valence-electron chi connectivity index (χ3n) is 1.65. The molecular formula is C8H13N2+. The molecule has 0 aliphatic carbocycles. The van der Waals surface area contributed by atoms with E-state index in [0.717, 1.165) is 16.9 Å². The maximum absolute atomic E-state index is 5.66. The summed E-state index contributed by atoms with van der Waals surface area (Å²) in [6.07, 6.45) is 0. The van der Waals surface area contributed by atoms with Crippen LogP contribution in [0.4, 0.5) is 11.4 Å². The van der Waals surface area contributed by atoms with E-state index in [9.17, 15) is 0 Å². The fourth-order valence-corrected chi connectivity index (χ4v) is 1.03. The first kappa shape index (κ1) is 7.09. The summed E-state index contributed by atoms with van der Waals surface area (Å²) in [6, 6.07) is 4.02. The summed E-state index contributed by atoms with van der Waals surface area (Å²) in [5.74, 6) is 0. The van der Waals surface area contributed by atoms with Crippen molar-refractivity contribution in [3.05, 3.63) is 23.3 Å². The zero-order chi connectivity index (χ0) is 7.72. The highest BCUT2D eigenvalue weighted by Crippen LogP contribution is 2.18. The Labute approximate surface area is 60.8 Å². The summed E-state index contributed by atoms with van der Waals surface area (Å²) in [5.41, 5.74) is 13.6. The van der Waals surface area contributed by atoms with E-state index >= 15 is 0 Å². The molecule has 0 radical (unpaired) electrons. The van der Waals surface area contributed by atoms with Gasteiger partial charge in [-0.15, -0.1) is 0 Å². The molecule has 1 aromatic carbocycles. The first-order valence-electron chi connectivity index (χ1n) is 3.30. The molecule has 0 bridgehead atoms. The highest BCUT2D eigenvalue weighted by molar-refractivity contribution is 5.62. The quantitative estimate of drug-likeness (QED) is 0.509. The SMILES string of the molecule is Cc1cc(C)c([NH3+])c(N)c1. The second kappa shape index (κ2) is 2.31. The number of nitrogens with two attached hydrogens (primary N) is 1. The van der Waals surface area contributed by atoms with Gasteiger partial charge in [0.15, 0.2) is 5.69 Å². The lowest BCUT2D eigenvalue weighted by Crippen LogP contribution is -2.42. The molecule has 54 valence electrons. The Morgan fingerprint density at radius 2 is 1.90 bits per heavy atom. The van der Waals surface area contributed by atoms with Gasteiger partial charge in [-0.2, -0.15) is 0 Å². The third-order valence-corrected chi connectivity index (χ3v) is 1.65. The summed E-state index contributed by atoms with van der Waals surface area (Å²) in [7, 11) is 0. The van der Waals surface area contributed by atoms with Crippen LogP contribution in [-0.4, -0.2) is 0 Å². The molecular weight excluding hydrogens is 124 g/mol. The monoisotopic (exact) mass is 137 g/mol. The predicted octanol–water partition coefficient (Wildman–Crippen LogP) is 0.759. The lowest BCUT2D eigenvalue weighted by Gasteiger charge is -2.00. The molecule has 5 N–H and O–H groups in total. The van der Waals surface area contributed by atoms with Gasteiger partial charge in [-0.1, -0.05) is 6.07 Å². The number of aryl methyl sites for hydroxylation is 2. The van der Waals surface area contributed by atoms with Gasteiger partial charge in [-0.05, 0) is 25.5 Å². The first-order valence-corrected chi connectivity index (χ1v) is 3.30. The van der Waals surface area contributed by atoms with Crippen molar-refractivity contribution in [2.45, 2.75) is 13.8 Å². The van der Waals surface area contributed by atoms with Gasteiger partial charge in [0.1, 0.15) is 0 Å². The fourth-order valence-electron chi connectivity index (χ4n) is 1.03. The number of rotatable bonds is 0. The van der Waals surface area contributed by atoms with Crippen molar-refractivity contribution in [1.82, 2.24) is 0 Å². The van der Waals surface area contributed by atoms with Crippen LogP contribution in [0.25, 0.3) is 0 Å². The molecule has 10 heavy (non-hydrogen) atoms. The van der Waals surface area contributed by atoms with Gasteiger partial charge in [-0.25, -0.2) is 0 Å². The molecule has 0 unspecified atom stereocenters. The van der Waals surface area contributed by atoms with Crippen molar-refractivity contribution in [2.24, 2.45) is 0 Å². The minimum atomic E-state index is 0.789. The highest BCUT2D eigenvalue weighted by Gasteiger charge is 2.01. The van der Waals surface area contributed by atoms with Gasteiger partial charge in [0.25, 0.3) is 0 Å². The molecule has 0 aliphatic rings. The Kier molecular flexibility index (Phi) is 1.64. The zero-order valence-corrected chi connectivity index (χ0v) is 6.44. The standard InChI is InChI=1S/C8H12N2/c1-5-3-6(2)8(10)7(9)4-5/h3-4H,9-10H2,1-2H3/p+1. The fraction of sp³-hybridized carbons (Fsp3) is 0.250. The van der Waals surface area contributed by atoms with Crippen LogP contribution >= 0.6 is 0 Å². The Bertz CT molecular complexity index is 230. The molecule has 0 spiro atoms. The highest BCUT2D eigenvalue weighted by atomic mass is 14.7. The van der Waals surface area contributed by atoms with Crippen LogP contribution in [-0.2, 0) is 0 Å².